The number of hydrogen-bond acceptors (Lipinski definition) is 4. The Morgan fingerprint density at radius 1 is 1.07 bits per heavy atom. The third-order valence-corrected chi connectivity index (χ3v) is 4.23. The van der Waals surface area contributed by atoms with Crippen LogP contribution in [0.2, 0.25) is 0 Å². The van der Waals surface area contributed by atoms with Crippen molar-refractivity contribution in [1.29, 1.82) is 0 Å². The fourth-order valence-corrected chi connectivity index (χ4v) is 2.89. The van der Waals surface area contributed by atoms with Gasteiger partial charge in [-0.05, 0) is 41.8 Å². The molecule has 1 atom stereocenters. The molecule has 3 rings (SSSR count). The summed E-state index contributed by atoms with van der Waals surface area (Å²) in [6.07, 6.45) is 0.393. The van der Waals surface area contributed by atoms with E-state index in [1.165, 1.54) is 24.3 Å². The van der Waals surface area contributed by atoms with Crippen LogP contribution in [0.25, 0.3) is 0 Å². The summed E-state index contributed by atoms with van der Waals surface area (Å²) >= 11 is 0. The number of nitrogens with one attached hydrogen (secondary N) is 1. The predicted molar refractivity (Wildman–Crippen MR) is 95.3 cm³/mol. The number of carbonyl (C=O) groups is 2. The minimum atomic E-state index is -1.04. The molecule has 0 unspecified atom stereocenters. The number of benzene rings is 2. The van der Waals surface area contributed by atoms with E-state index in [-0.39, 0.29) is 18.7 Å². The number of hydrogen-bond donors (Lipinski definition) is 2. The molecule has 6 nitrogen and oxygen atoms in total. The lowest BCUT2D eigenvalue weighted by Crippen LogP contribution is -2.30. The van der Waals surface area contributed by atoms with E-state index >= 15 is 0 Å². The van der Waals surface area contributed by atoms with Crippen molar-refractivity contribution in [2.45, 2.75) is 25.3 Å². The quantitative estimate of drug-likeness (QED) is 0.780. The van der Waals surface area contributed by atoms with E-state index in [1.807, 2.05) is 18.2 Å². The number of fused-ring (bicyclic) bond motifs is 1. The summed E-state index contributed by atoms with van der Waals surface area (Å²) in [6.45, 7) is 1.01. The summed E-state index contributed by atoms with van der Waals surface area (Å²) in [7, 11) is 0. The largest absolute Gasteiger partial charge is 0.486 e. The second-order valence-corrected chi connectivity index (χ2v) is 6.25. The smallest absolute Gasteiger partial charge is 0.305 e. The predicted octanol–water partition coefficient (Wildman–Crippen LogP) is 2.86. The van der Waals surface area contributed by atoms with Gasteiger partial charge in [-0.15, -0.1) is 0 Å². The van der Waals surface area contributed by atoms with Crippen molar-refractivity contribution in [3.05, 3.63) is 59.4 Å². The van der Waals surface area contributed by atoms with Gasteiger partial charge in [-0.3, -0.25) is 9.59 Å². The van der Waals surface area contributed by atoms with E-state index in [2.05, 4.69) is 5.32 Å². The van der Waals surface area contributed by atoms with Gasteiger partial charge in [0, 0.05) is 6.42 Å². The topological polar surface area (TPSA) is 84.9 Å². The monoisotopic (exact) mass is 373 g/mol. The van der Waals surface area contributed by atoms with Gasteiger partial charge in [0.1, 0.15) is 19.0 Å². The van der Waals surface area contributed by atoms with Crippen LogP contribution in [0.3, 0.4) is 0 Å². The number of halogens is 1. The molecule has 7 heteroatoms. The standard InChI is InChI=1S/C20H20FNO5/c21-15-5-3-14(4-6-15)16(12-20(24)25)22-19(23)8-2-13-1-7-17-18(11-13)27-10-9-26-17/h1,3-7,11,16H,2,8-10,12H2,(H,22,23)(H,24,25)/t16-/m1/s1. The van der Waals surface area contributed by atoms with Crippen LogP contribution in [0.4, 0.5) is 4.39 Å². The number of aliphatic carboxylic acids is 1. The highest BCUT2D eigenvalue weighted by molar-refractivity contribution is 5.78. The third-order valence-electron chi connectivity index (χ3n) is 4.23. The summed E-state index contributed by atoms with van der Waals surface area (Å²) in [4.78, 5) is 23.4. The van der Waals surface area contributed by atoms with E-state index in [4.69, 9.17) is 14.6 Å². The molecule has 0 saturated heterocycles. The Morgan fingerprint density at radius 2 is 1.78 bits per heavy atom. The molecule has 0 radical (unpaired) electrons. The van der Waals surface area contributed by atoms with Gasteiger partial charge in [-0.25, -0.2) is 4.39 Å². The van der Waals surface area contributed by atoms with Crippen molar-refractivity contribution < 1.29 is 28.6 Å². The lowest BCUT2D eigenvalue weighted by atomic mass is 10.0. The van der Waals surface area contributed by atoms with E-state index in [0.29, 0.717) is 36.7 Å². The first-order valence-corrected chi connectivity index (χ1v) is 8.66. The molecule has 0 saturated carbocycles. The lowest BCUT2D eigenvalue weighted by Gasteiger charge is -2.19. The van der Waals surface area contributed by atoms with Gasteiger partial charge in [0.2, 0.25) is 5.91 Å². The van der Waals surface area contributed by atoms with Gasteiger partial charge >= 0.3 is 5.97 Å². The number of carbonyl (C=O) groups excluding carboxylic acids is 1. The van der Waals surface area contributed by atoms with Crippen LogP contribution in [-0.4, -0.2) is 30.2 Å². The van der Waals surface area contributed by atoms with Crippen LogP contribution in [0.5, 0.6) is 11.5 Å². The van der Waals surface area contributed by atoms with Crippen molar-refractivity contribution in [3.63, 3.8) is 0 Å². The lowest BCUT2D eigenvalue weighted by molar-refractivity contribution is -0.137. The highest BCUT2D eigenvalue weighted by Gasteiger charge is 2.18. The molecule has 0 aliphatic carbocycles. The SMILES string of the molecule is O=C(O)C[C@@H](NC(=O)CCc1ccc2c(c1)OCCO2)c1ccc(F)cc1. The molecular weight excluding hydrogens is 353 g/mol. The van der Waals surface area contributed by atoms with Crippen LogP contribution in [0.15, 0.2) is 42.5 Å². The molecule has 0 bridgehead atoms. The second kappa shape index (κ2) is 8.53. The van der Waals surface area contributed by atoms with E-state index in [1.54, 1.807) is 0 Å². The van der Waals surface area contributed by atoms with Crippen LogP contribution in [0.1, 0.15) is 30.0 Å². The number of carboxylic acids is 1. The molecule has 1 amide bonds. The fourth-order valence-electron chi connectivity index (χ4n) is 2.89. The number of rotatable bonds is 7. The minimum Gasteiger partial charge on any atom is -0.486 e. The Balaban J connectivity index is 1.60. The summed E-state index contributed by atoms with van der Waals surface area (Å²) in [5.74, 6) is -0.392. The molecule has 27 heavy (non-hydrogen) atoms. The molecule has 1 aliphatic rings. The van der Waals surface area contributed by atoms with E-state index in [0.717, 1.165) is 5.56 Å². The van der Waals surface area contributed by atoms with Gasteiger partial charge in [0.25, 0.3) is 0 Å². The Bertz CT molecular complexity index is 822. The molecular formula is C20H20FNO5. The molecule has 0 spiro atoms. The maximum absolute atomic E-state index is 13.1. The average molecular weight is 373 g/mol. The van der Waals surface area contributed by atoms with Crippen molar-refractivity contribution in [3.8, 4) is 11.5 Å². The van der Waals surface area contributed by atoms with Gasteiger partial charge < -0.3 is 19.9 Å². The number of aryl methyl sites for hydroxylation is 1. The Labute approximate surface area is 155 Å². The first kappa shape index (κ1) is 18.7. The molecule has 142 valence electrons. The first-order valence-electron chi connectivity index (χ1n) is 8.66. The zero-order chi connectivity index (χ0) is 19.2. The van der Waals surface area contributed by atoms with Crippen LogP contribution < -0.4 is 14.8 Å². The Hall–Kier alpha value is -3.09. The number of amides is 1. The highest BCUT2D eigenvalue weighted by atomic mass is 19.1. The molecule has 0 fully saturated rings. The molecule has 1 aliphatic heterocycles. The first-order chi connectivity index (χ1) is 13.0. The summed E-state index contributed by atoms with van der Waals surface area (Å²) in [5.41, 5.74) is 1.47. The number of ether oxygens (including phenoxy) is 2. The molecule has 0 aromatic heterocycles. The summed E-state index contributed by atoms with van der Waals surface area (Å²) < 4.78 is 24.1. The molecule has 1 heterocycles. The maximum Gasteiger partial charge on any atom is 0.305 e. The van der Waals surface area contributed by atoms with E-state index < -0.39 is 17.8 Å². The minimum absolute atomic E-state index is 0.191. The van der Waals surface area contributed by atoms with Crippen LogP contribution in [0, 0.1) is 5.82 Å². The van der Waals surface area contributed by atoms with Crippen molar-refractivity contribution in [1.82, 2.24) is 5.32 Å². The van der Waals surface area contributed by atoms with E-state index in [9.17, 15) is 14.0 Å². The van der Waals surface area contributed by atoms with Crippen LogP contribution in [-0.2, 0) is 16.0 Å². The van der Waals surface area contributed by atoms with Crippen LogP contribution >= 0.6 is 0 Å². The normalized spacial score (nSPS) is 13.7. The second-order valence-electron chi connectivity index (χ2n) is 6.25. The van der Waals surface area contributed by atoms with Gasteiger partial charge in [-0.1, -0.05) is 18.2 Å². The Morgan fingerprint density at radius 3 is 2.48 bits per heavy atom. The maximum atomic E-state index is 13.1. The molecule has 2 N–H and O–H groups in total. The Kier molecular flexibility index (Phi) is 5.90. The zero-order valence-electron chi connectivity index (χ0n) is 14.6. The summed E-state index contributed by atoms with van der Waals surface area (Å²) in [6, 6.07) is 10.3. The summed E-state index contributed by atoms with van der Waals surface area (Å²) in [5, 5.41) is 11.8. The fraction of sp³-hybridized carbons (Fsp3) is 0.300. The molecule has 2 aromatic rings. The number of carboxylic acid groups (broad SMARTS) is 1. The zero-order valence-corrected chi connectivity index (χ0v) is 14.6. The van der Waals surface area contributed by atoms with Crippen molar-refractivity contribution in [2.75, 3.05) is 13.2 Å². The molecule has 2 aromatic carbocycles. The highest BCUT2D eigenvalue weighted by Crippen LogP contribution is 2.31. The average Bonchev–Trinajstić information content (AvgIpc) is 2.66. The van der Waals surface area contributed by atoms with Gasteiger partial charge in [0.05, 0.1) is 12.5 Å². The third kappa shape index (κ3) is 5.20. The van der Waals surface area contributed by atoms with Gasteiger partial charge in [-0.2, -0.15) is 0 Å². The van der Waals surface area contributed by atoms with Crippen molar-refractivity contribution >= 4 is 11.9 Å². The van der Waals surface area contributed by atoms with Crippen molar-refractivity contribution in [2.24, 2.45) is 0 Å². The van der Waals surface area contributed by atoms with Gasteiger partial charge in [0.15, 0.2) is 11.5 Å².